The van der Waals surface area contributed by atoms with Crippen molar-refractivity contribution in [3.63, 3.8) is 0 Å². The van der Waals surface area contributed by atoms with Crippen LogP contribution in [0.15, 0.2) is 45.3 Å². The molecule has 1 atom stereocenters. The Kier molecular flexibility index (Phi) is 5.11. The Morgan fingerprint density at radius 1 is 1.10 bits per heavy atom. The molecule has 0 aliphatic rings. The number of ether oxygens (including phenoxy) is 1. The third-order valence-electron chi connectivity index (χ3n) is 3.16. The second-order valence-electron chi connectivity index (χ2n) is 4.74. The average Bonchev–Trinajstić information content (AvgIpc) is 2.40. The van der Waals surface area contributed by atoms with Crippen molar-refractivity contribution in [1.82, 2.24) is 0 Å². The van der Waals surface area contributed by atoms with Crippen molar-refractivity contribution in [2.24, 2.45) is 0 Å². The first-order chi connectivity index (χ1) is 9.51. The van der Waals surface area contributed by atoms with Crippen molar-refractivity contribution in [3.05, 3.63) is 56.5 Å². The van der Waals surface area contributed by atoms with Gasteiger partial charge in [0.15, 0.2) is 0 Å². The zero-order chi connectivity index (χ0) is 14.7. The van der Waals surface area contributed by atoms with Gasteiger partial charge < -0.3 is 10.1 Å². The number of anilines is 1. The van der Waals surface area contributed by atoms with Crippen LogP contribution in [0.2, 0.25) is 0 Å². The molecule has 1 N–H and O–H groups in total. The Balaban J connectivity index is 2.25. The largest absolute Gasteiger partial charge is 0.495 e. The molecule has 106 valence electrons. The lowest BCUT2D eigenvalue weighted by molar-refractivity contribution is 0.416. The number of hydrogen-bond acceptors (Lipinski definition) is 2. The summed E-state index contributed by atoms with van der Waals surface area (Å²) in [6, 6.07) is 12.5. The molecule has 2 nitrogen and oxygen atoms in total. The first kappa shape index (κ1) is 15.4. The monoisotopic (exact) mass is 397 g/mol. The molecule has 1 unspecified atom stereocenters. The van der Waals surface area contributed by atoms with E-state index in [0.29, 0.717) is 0 Å². The summed E-state index contributed by atoms with van der Waals surface area (Å²) in [6.45, 7) is 4.19. The summed E-state index contributed by atoms with van der Waals surface area (Å²) in [7, 11) is 1.69. The Labute approximate surface area is 136 Å². The SMILES string of the molecule is COc1cc(C)ccc1NC(C)c1ccc(Br)cc1Br. The molecular weight excluding hydrogens is 382 g/mol. The quantitative estimate of drug-likeness (QED) is 0.712. The molecule has 0 aromatic heterocycles. The summed E-state index contributed by atoms with van der Waals surface area (Å²) in [4.78, 5) is 0. The molecule has 0 spiro atoms. The molecule has 0 bridgehead atoms. The molecule has 2 aromatic carbocycles. The Hall–Kier alpha value is -1.000. The molecule has 0 aliphatic heterocycles. The van der Waals surface area contributed by atoms with Crippen molar-refractivity contribution in [2.45, 2.75) is 19.9 Å². The molecule has 0 fully saturated rings. The highest BCUT2D eigenvalue weighted by Gasteiger charge is 2.12. The van der Waals surface area contributed by atoms with Crippen molar-refractivity contribution < 1.29 is 4.74 Å². The van der Waals surface area contributed by atoms with Gasteiger partial charge in [0, 0.05) is 15.0 Å². The standard InChI is InChI=1S/C16H17Br2NO/c1-10-4-7-15(16(8-10)20-3)19-11(2)13-6-5-12(17)9-14(13)18/h4-9,11,19H,1-3H3. The van der Waals surface area contributed by atoms with Crippen molar-refractivity contribution in [2.75, 3.05) is 12.4 Å². The van der Waals surface area contributed by atoms with Crippen LogP contribution in [0.25, 0.3) is 0 Å². The van der Waals surface area contributed by atoms with E-state index in [1.165, 1.54) is 11.1 Å². The minimum atomic E-state index is 0.175. The molecule has 0 saturated carbocycles. The van der Waals surface area contributed by atoms with Crippen LogP contribution in [0.5, 0.6) is 5.75 Å². The minimum Gasteiger partial charge on any atom is -0.495 e. The molecule has 4 heteroatoms. The van der Waals surface area contributed by atoms with Crippen LogP contribution < -0.4 is 10.1 Å². The lowest BCUT2D eigenvalue weighted by Gasteiger charge is -2.19. The maximum Gasteiger partial charge on any atom is 0.142 e. The van der Waals surface area contributed by atoms with E-state index in [1.54, 1.807) is 7.11 Å². The number of aryl methyl sites for hydroxylation is 1. The lowest BCUT2D eigenvalue weighted by Crippen LogP contribution is -2.08. The number of rotatable bonds is 4. The third-order valence-corrected chi connectivity index (χ3v) is 4.34. The fourth-order valence-electron chi connectivity index (χ4n) is 2.08. The Bertz CT molecular complexity index is 613. The molecular formula is C16H17Br2NO. The second kappa shape index (κ2) is 6.64. The smallest absolute Gasteiger partial charge is 0.142 e. The first-order valence-electron chi connectivity index (χ1n) is 6.37. The minimum absolute atomic E-state index is 0.175. The maximum atomic E-state index is 5.43. The van der Waals surface area contributed by atoms with Crippen molar-refractivity contribution in [1.29, 1.82) is 0 Å². The van der Waals surface area contributed by atoms with Gasteiger partial charge in [-0.3, -0.25) is 0 Å². The summed E-state index contributed by atoms with van der Waals surface area (Å²) >= 11 is 7.08. The van der Waals surface area contributed by atoms with Gasteiger partial charge in [0.05, 0.1) is 12.8 Å². The second-order valence-corrected chi connectivity index (χ2v) is 6.51. The number of halogens is 2. The van der Waals surface area contributed by atoms with Crippen LogP contribution in [-0.2, 0) is 0 Å². The van der Waals surface area contributed by atoms with E-state index in [4.69, 9.17) is 4.74 Å². The molecule has 0 amide bonds. The van der Waals surface area contributed by atoms with Crippen LogP contribution >= 0.6 is 31.9 Å². The maximum absolute atomic E-state index is 5.43. The van der Waals surface area contributed by atoms with Gasteiger partial charge in [-0.05, 0) is 49.2 Å². The fraction of sp³-hybridized carbons (Fsp3) is 0.250. The van der Waals surface area contributed by atoms with Crippen LogP contribution in [0.4, 0.5) is 5.69 Å². The Morgan fingerprint density at radius 3 is 2.50 bits per heavy atom. The van der Waals surface area contributed by atoms with Crippen molar-refractivity contribution in [3.8, 4) is 5.75 Å². The molecule has 20 heavy (non-hydrogen) atoms. The number of benzene rings is 2. The molecule has 2 aromatic rings. The van der Waals surface area contributed by atoms with E-state index < -0.39 is 0 Å². The first-order valence-corrected chi connectivity index (χ1v) is 7.96. The van der Waals surface area contributed by atoms with Gasteiger partial charge in [0.25, 0.3) is 0 Å². The van der Waals surface area contributed by atoms with Crippen LogP contribution in [0.1, 0.15) is 24.1 Å². The fourth-order valence-corrected chi connectivity index (χ4v) is 3.47. The zero-order valence-corrected chi connectivity index (χ0v) is 14.9. The van der Waals surface area contributed by atoms with Crippen LogP contribution in [-0.4, -0.2) is 7.11 Å². The average molecular weight is 399 g/mol. The molecule has 0 saturated heterocycles. The Morgan fingerprint density at radius 2 is 1.85 bits per heavy atom. The molecule has 0 radical (unpaired) electrons. The topological polar surface area (TPSA) is 21.3 Å². The van der Waals surface area contributed by atoms with Crippen LogP contribution in [0, 0.1) is 6.92 Å². The van der Waals surface area contributed by atoms with Gasteiger partial charge in [0.1, 0.15) is 5.75 Å². The van der Waals surface area contributed by atoms with Gasteiger partial charge in [-0.15, -0.1) is 0 Å². The zero-order valence-electron chi connectivity index (χ0n) is 11.7. The normalized spacial score (nSPS) is 12.1. The van der Waals surface area contributed by atoms with E-state index in [0.717, 1.165) is 20.4 Å². The number of methoxy groups -OCH3 is 1. The van der Waals surface area contributed by atoms with E-state index >= 15 is 0 Å². The van der Waals surface area contributed by atoms with Gasteiger partial charge in [-0.2, -0.15) is 0 Å². The summed E-state index contributed by atoms with van der Waals surface area (Å²) in [5.41, 5.74) is 3.39. The third kappa shape index (κ3) is 3.55. The molecule has 2 rings (SSSR count). The van der Waals surface area contributed by atoms with E-state index in [-0.39, 0.29) is 6.04 Å². The van der Waals surface area contributed by atoms with E-state index in [1.807, 2.05) is 12.1 Å². The molecule has 0 aliphatic carbocycles. The van der Waals surface area contributed by atoms with Crippen molar-refractivity contribution >= 4 is 37.5 Å². The van der Waals surface area contributed by atoms with Gasteiger partial charge in [-0.1, -0.05) is 44.0 Å². The summed E-state index contributed by atoms with van der Waals surface area (Å²) in [5, 5.41) is 3.49. The van der Waals surface area contributed by atoms with E-state index in [2.05, 4.69) is 75.3 Å². The number of hydrogen-bond donors (Lipinski definition) is 1. The van der Waals surface area contributed by atoms with Gasteiger partial charge in [-0.25, -0.2) is 0 Å². The highest BCUT2D eigenvalue weighted by atomic mass is 79.9. The summed E-state index contributed by atoms with van der Waals surface area (Å²) in [5.74, 6) is 0.866. The highest BCUT2D eigenvalue weighted by Crippen LogP contribution is 2.32. The van der Waals surface area contributed by atoms with Gasteiger partial charge >= 0.3 is 0 Å². The van der Waals surface area contributed by atoms with Crippen LogP contribution in [0.3, 0.4) is 0 Å². The lowest BCUT2D eigenvalue weighted by atomic mass is 10.1. The highest BCUT2D eigenvalue weighted by molar-refractivity contribution is 9.11. The summed E-state index contributed by atoms with van der Waals surface area (Å²) in [6.07, 6.45) is 0. The molecule has 0 heterocycles. The predicted molar refractivity (Wildman–Crippen MR) is 91.6 cm³/mol. The predicted octanol–water partition coefficient (Wildman–Crippen LogP) is 5.70. The van der Waals surface area contributed by atoms with Gasteiger partial charge in [0.2, 0.25) is 0 Å². The van der Waals surface area contributed by atoms with E-state index in [9.17, 15) is 0 Å². The number of nitrogens with one attached hydrogen (secondary N) is 1. The summed E-state index contributed by atoms with van der Waals surface area (Å²) < 4.78 is 7.58.